The zero-order valence-corrected chi connectivity index (χ0v) is 10.4. The Labute approximate surface area is 106 Å². The molecule has 0 radical (unpaired) electrons. The van der Waals surface area contributed by atoms with E-state index in [1.54, 1.807) is 0 Å². The number of nitrogens with two attached hydrogens (primary N) is 1. The first-order valence-electron chi connectivity index (χ1n) is 6.19. The molecule has 1 fully saturated rings. The third kappa shape index (κ3) is 4.72. The van der Waals surface area contributed by atoms with Crippen molar-refractivity contribution < 1.29 is 14.3 Å². The molecule has 0 unspecified atom stereocenters. The molecule has 0 aromatic rings. The van der Waals surface area contributed by atoms with Crippen LogP contribution in [0.3, 0.4) is 0 Å². The number of hydrogen-bond donors (Lipinski definition) is 2. The maximum absolute atomic E-state index is 11.8. The van der Waals surface area contributed by atoms with Crippen molar-refractivity contribution in [1.82, 2.24) is 5.32 Å². The molecule has 6 nitrogen and oxygen atoms in total. The summed E-state index contributed by atoms with van der Waals surface area (Å²) in [5, 5.41) is 11.1. The van der Waals surface area contributed by atoms with E-state index in [-0.39, 0.29) is 11.8 Å². The normalized spacial score (nSPS) is 20.1. The average Bonchev–Trinajstić information content (AvgIpc) is 2.86. The summed E-state index contributed by atoms with van der Waals surface area (Å²) >= 11 is 0. The maximum Gasteiger partial charge on any atom is 0.239 e. The number of nitriles is 1. The summed E-state index contributed by atoms with van der Waals surface area (Å²) in [4.78, 5) is 23.0. The van der Waals surface area contributed by atoms with E-state index in [1.807, 2.05) is 6.07 Å². The van der Waals surface area contributed by atoms with Gasteiger partial charge in [-0.25, -0.2) is 0 Å². The van der Waals surface area contributed by atoms with Crippen LogP contribution in [0.25, 0.3) is 0 Å². The Morgan fingerprint density at radius 2 is 2.28 bits per heavy atom. The van der Waals surface area contributed by atoms with Crippen molar-refractivity contribution in [3.05, 3.63) is 0 Å². The second-order valence-corrected chi connectivity index (χ2v) is 4.43. The first-order valence-corrected chi connectivity index (χ1v) is 6.19. The van der Waals surface area contributed by atoms with Crippen molar-refractivity contribution in [2.75, 3.05) is 13.2 Å². The fraction of sp³-hybridized carbons (Fsp3) is 0.750. The van der Waals surface area contributed by atoms with Gasteiger partial charge in [0.2, 0.25) is 11.8 Å². The van der Waals surface area contributed by atoms with E-state index < -0.39 is 11.9 Å². The molecule has 100 valence electrons. The molecule has 0 aromatic carbocycles. The summed E-state index contributed by atoms with van der Waals surface area (Å²) in [6.07, 6.45) is 3.03. The summed E-state index contributed by atoms with van der Waals surface area (Å²) in [7, 11) is 0. The van der Waals surface area contributed by atoms with E-state index in [4.69, 9.17) is 15.7 Å². The first-order chi connectivity index (χ1) is 8.65. The van der Waals surface area contributed by atoms with Crippen molar-refractivity contribution >= 4 is 11.8 Å². The van der Waals surface area contributed by atoms with Crippen LogP contribution in [-0.4, -0.2) is 31.1 Å². The van der Waals surface area contributed by atoms with E-state index in [0.29, 0.717) is 45.3 Å². The van der Waals surface area contributed by atoms with Gasteiger partial charge >= 0.3 is 0 Å². The molecule has 1 aliphatic rings. The molecule has 1 heterocycles. The van der Waals surface area contributed by atoms with Crippen LogP contribution in [0.4, 0.5) is 0 Å². The monoisotopic (exact) mass is 253 g/mol. The van der Waals surface area contributed by atoms with Crippen LogP contribution in [0.5, 0.6) is 0 Å². The fourth-order valence-electron chi connectivity index (χ4n) is 1.87. The van der Waals surface area contributed by atoms with E-state index >= 15 is 0 Å². The lowest BCUT2D eigenvalue weighted by Gasteiger charge is -2.17. The number of nitrogens with one attached hydrogen (secondary N) is 1. The minimum Gasteiger partial charge on any atom is -0.381 e. The van der Waals surface area contributed by atoms with Gasteiger partial charge in [-0.3, -0.25) is 9.59 Å². The second kappa shape index (κ2) is 7.67. The zero-order valence-electron chi connectivity index (χ0n) is 10.4. The highest BCUT2D eigenvalue weighted by atomic mass is 16.5. The molecular formula is C12H19N3O3. The van der Waals surface area contributed by atoms with Crippen molar-refractivity contribution in [2.24, 2.45) is 11.7 Å². The number of amides is 2. The Morgan fingerprint density at radius 3 is 2.83 bits per heavy atom. The molecule has 0 bridgehead atoms. The van der Waals surface area contributed by atoms with Crippen LogP contribution in [-0.2, 0) is 14.3 Å². The second-order valence-electron chi connectivity index (χ2n) is 4.43. The topological polar surface area (TPSA) is 105 Å². The molecule has 0 aromatic heterocycles. The van der Waals surface area contributed by atoms with E-state index in [1.165, 1.54) is 0 Å². The molecule has 0 aliphatic carbocycles. The Bertz CT molecular complexity index is 332. The summed E-state index contributed by atoms with van der Waals surface area (Å²) < 4.78 is 5.12. The molecule has 0 saturated carbocycles. The molecule has 2 atom stereocenters. The quantitative estimate of drug-likeness (QED) is 0.626. The number of carbonyl (C=O) groups excluding carboxylic acids is 2. The molecule has 2 amide bonds. The number of unbranched alkanes of at least 4 members (excludes halogenated alkanes) is 2. The molecule has 3 N–H and O–H groups in total. The van der Waals surface area contributed by atoms with Crippen molar-refractivity contribution in [3.63, 3.8) is 0 Å². The van der Waals surface area contributed by atoms with Crippen LogP contribution >= 0.6 is 0 Å². The summed E-state index contributed by atoms with van der Waals surface area (Å²) in [5.41, 5.74) is 5.25. The summed E-state index contributed by atoms with van der Waals surface area (Å²) in [6.45, 7) is 0.993. The lowest BCUT2D eigenvalue weighted by atomic mass is 10.0. The van der Waals surface area contributed by atoms with Crippen molar-refractivity contribution in [1.29, 1.82) is 5.26 Å². The zero-order chi connectivity index (χ0) is 13.4. The van der Waals surface area contributed by atoms with Crippen LogP contribution in [0.2, 0.25) is 0 Å². The molecular weight excluding hydrogens is 234 g/mol. The molecule has 1 aliphatic heterocycles. The lowest BCUT2D eigenvalue weighted by molar-refractivity contribution is -0.130. The lowest BCUT2D eigenvalue weighted by Crippen LogP contribution is -2.46. The van der Waals surface area contributed by atoms with Crippen molar-refractivity contribution in [2.45, 2.75) is 38.1 Å². The van der Waals surface area contributed by atoms with E-state index in [2.05, 4.69) is 5.32 Å². The average molecular weight is 253 g/mol. The van der Waals surface area contributed by atoms with Gasteiger partial charge < -0.3 is 15.8 Å². The Hall–Kier alpha value is -1.61. The Balaban J connectivity index is 2.34. The molecule has 1 saturated heterocycles. The predicted octanol–water partition coefficient (Wildman–Crippen LogP) is 0.0770. The Kier molecular flexibility index (Phi) is 6.15. The van der Waals surface area contributed by atoms with Crippen LogP contribution < -0.4 is 11.1 Å². The molecule has 18 heavy (non-hydrogen) atoms. The van der Waals surface area contributed by atoms with Gasteiger partial charge in [0.25, 0.3) is 0 Å². The summed E-state index contributed by atoms with van der Waals surface area (Å²) in [6, 6.07) is 1.39. The minimum atomic E-state index is -0.642. The number of carbonyl (C=O) groups is 2. The van der Waals surface area contributed by atoms with Gasteiger partial charge in [0, 0.05) is 13.0 Å². The predicted molar refractivity (Wildman–Crippen MR) is 64.1 cm³/mol. The highest BCUT2D eigenvalue weighted by Gasteiger charge is 2.26. The molecule has 6 heteroatoms. The number of hydrogen-bond acceptors (Lipinski definition) is 4. The molecule has 0 spiro atoms. The van der Waals surface area contributed by atoms with Gasteiger partial charge in [-0.1, -0.05) is 0 Å². The largest absolute Gasteiger partial charge is 0.381 e. The SMILES string of the molecule is N#CCCCC[C@H](NC(=O)[C@@H]1CCOC1)C(N)=O. The summed E-state index contributed by atoms with van der Waals surface area (Å²) in [5.74, 6) is -0.873. The third-order valence-electron chi connectivity index (χ3n) is 2.99. The van der Waals surface area contributed by atoms with Crippen LogP contribution in [0.15, 0.2) is 0 Å². The van der Waals surface area contributed by atoms with Crippen LogP contribution in [0, 0.1) is 17.2 Å². The smallest absolute Gasteiger partial charge is 0.239 e. The van der Waals surface area contributed by atoms with Crippen LogP contribution in [0.1, 0.15) is 32.1 Å². The minimum absolute atomic E-state index is 0.170. The van der Waals surface area contributed by atoms with Crippen molar-refractivity contribution in [3.8, 4) is 6.07 Å². The highest BCUT2D eigenvalue weighted by Crippen LogP contribution is 2.13. The highest BCUT2D eigenvalue weighted by molar-refractivity contribution is 5.87. The van der Waals surface area contributed by atoms with Gasteiger partial charge in [0.15, 0.2) is 0 Å². The number of primary amides is 1. The van der Waals surface area contributed by atoms with E-state index in [0.717, 1.165) is 0 Å². The Morgan fingerprint density at radius 1 is 1.50 bits per heavy atom. The number of rotatable bonds is 7. The third-order valence-corrected chi connectivity index (χ3v) is 2.99. The molecule has 1 rings (SSSR count). The standard InChI is InChI=1S/C12H19N3O3/c13-6-3-1-2-4-10(11(14)16)15-12(17)9-5-7-18-8-9/h9-10H,1-5,7-8H2,(H2,14,16)(H,15,17)/t9-,10+/m1/s1. The van der Waals surface area contributed by atoms with Gasteiger partial charge in [0.1, 0.15) is 6.04 Å². The maximum atomic E-state index is 11.8. The van der Waals surface area contributed by atoms with Gasteiger partial charge in [0.05, 0.1) is 18.6 Å². The number of nitrogens with zero attached hydrogens (tertiary/aromatic N) is 1. The van der Waals surface area contributed by atoms with Gasteiger partial charge in [-0.2, -0.15) is 5.26 Å². The number of ether oxygens (including phenoxy) is 1. The van der Waals surface area contributed by atoms with E-state index in [9.17, 15) is 9.59 Å². The van der Waals surface area contributed by atoms with Gasteiger partial charge in [-0.15, -0.1) is 0 Å². The fourth-order valence-corrected chi connectivity index (χ4v) is 1.87. The first kappa shape index (κ1) is 14.5. The van der Waals surface area contributed by atoms with Gasteiger partial charge in [-0.05, 0) is 25.7 Å².